The number of carbonyl (C=O) groups is 1. The Bertz CT molecular complexity index is 816. The van der Waals surface area contributed by atoms with Gasteiger partial charge in [-0.25, -0.2) is 15.0 Å². The van der Waals surface area contributed by atoms with Crippen molar-refractivity contribution >= 4 is 34.3 Å². The number of nitrogen functional groups attached to an aromatic ring is 1. The average Bonchev–Trinajstić information content (AvgIpc) is 2.48. The molecule has 3 aromatic rings. The standard InChI is InChI=1S/C13H11N7O/c14-12-7-2-1-3-16-8(7)4-10(20-12)19-11-6-17-9(5-18-11)13(15)21/h1-6H,(H2,15,21)(H3,14,18,19,20). The molecule has 1 amide bonds. The second-order valence-electron chi connectivity index (χ2n) is 4.24. The lowest BCUT2D eigenvalue weighted by Gasteiger charge is -2.07. The number of hydrogen-bond donors (Lipinski definition) is 3. The maximum Gasteiger partial charge on any atom is 0.268 e. The molecule has 0 atom stereocenters. The zero-order valence-electron chi connectivity index (χ0n) is 10.8. The number of fused-ring (bicyclic) bond motifs is 1. The molecule has 3 heterocycles. The Morgan fingerprint density at radius 2 is 2.00 bits per heavy atom. The second-order valence-corrected chi connectivity index (χ2v) is 4.24. The van der Waals surface area contributed by atoms with Gasteiger partial charge in [0.25, 0.3) is 5.91 Å². The van der Waals surface area contributed by atoms with E-state index in [0.717, 1.165) is 5.39 Å². The quantitative estimate of drug-likeness (QED) is 0.647. The largest absolute Gasteiger partial charge is 0.383 e. The zero-order valence-corrected chi connectivity index (χ0v) is 10.8. The van der Waals surface area contributed by atoms with Crippen molar-refractivity contribution < 1.29 is 4.79 Å². The Morgan fingerprint density at radius 3 is 2.71 bits per heavy atom. The van der Waals surface area contributed by atoms with Gasteiger partial charge in [0.15, 0.2) is 0 Å². The third-order valence-corrected chi connectivity index (χ3v) is 2.79. The van der Waals surface area contributed by atoms with E-state index in [0.29, 0.717) is 23.0 Å². The first-order chi connectivity index (χ1) is 10.1. The molecule has 8 heteroatoms. The van der Waals surface area contributed by atoms with Crippen molar-refractivity contribution in [2.24, 2.45) is 5.73 Å². The van der Waals surface area contributed by atoms with Crippen molar-refractivity contribution in [2.45, 2.75) is 0 Å². The molecular weight excluding hydrogens is 270 g/mol. The average molecular weight is 281 g/mol. The van der Waals surface area contributed by atoms with Crippen LogP contribution in [0.5, 0.6) is 0 Å². The Kier molecular flexibility index (Phi) is 3.03. The molecule has 0 radical (unpaired) electrons. The third-order valence-electron chi connectivity index (χ3n) is 2.79. The molecule has 104 valence electrons. The first-order valence-corrected chi connectivity index (χ1v) is 6.03. The molecule has 0 aromatic carbocycles. The third kappa shape index (κ3) is 2.54. The summed E-state index contributed by atoms with van der Waals surface area (Å²) in [6.07, 6.45) is 4.35. The monoisotopic (exact) mass is 281 g/mol. The molecule has 8 nitrogen and oxygen atoms in total. The fraction of sp³-hybridized carbons (Fsp3) is 0. The summed E-state index contributed by atoms with van der Waals surface area (Å²) in [6.45, 7) is 0. The number of nitrogens with two attached hydrogens (primary N) is 2. The molecule has 0 aliphatic carbocycles. The van der Waals surface area contributed by atoms with Crippen LogP contribution < -0.4 is 16.8 Å². The molecular formula is C13H11N7O. The van der Waals surface area contributed by atoms with Gasteiger partial charge in [-0.15, -0.1) is 0 Å². The van der Waals surface area contributed by atoms with Crippen LogP contribution in [-0.4, -0.2) is 25.8 Å². The van der Waals surface area contributed by atoms with Gasteiger partial charge in [0, 0.05) is 17.6 Å². The maximum absolute atomic E-state index is 10.9. The van der Waals surface area contributed by atoms with Crippen LogP contribution in [0.4, 0.5) is 17.5 Å². The number of carbonyl (C=O) groups excluding carboxylic acids is 1. The molecule has 21 heavy (non-hydrogen) atoms. The minimum atomic E-state index is -0.633. The van der Waals surface area contributed by atoms with E-state index in [9.17, 15) is 4.79 Å². The van der Waals surface area contributed by atoms with Gasteiger partial charge in [-0.3, -0.25) is 9.78 Å². The van der Waals surface area contributed by atoms with Gasteiger partial charge in [0.05, 0.1) is 17.9 Å². The molecule has 0 spiro atoms. The van der Waals surface area contributed by atoms with Crippen LogP contribution >= 0.6 is 0 Å². The van der Waals surface area contributed by atoms with Crippen molar-refractivity contribution in [3.8, 4) is 0 Å². The Balaban J connectivity index is 1.92. The lowest BCUT2D eigenvalue weighted by molar-refractivity contribution is 0.0995. The highest BCUT2D eigenvalue weighted by Gasteiger charge is 2.06. The molecule has 3 aromatic heterocycles. The summed E-state index contributed by atoms with van der Waals surface area (Å²) in [6, 6.07) is 5.38. The number of pyridine rings is 2. The molecule has 5 N–H and O–H groups in total. The summed E-state index contributed by atoms with van der Waals surface area (Å²) in [7, 11) is 0. The van der Waals surface area contributed by atoms with Crippen molar-refractivity contribution in [1.82, 2.24) is 19.9 Å². The van der Waals surface area contributed by atoms with Crippen LogP contribution in [0.25, 0.3) is 10.9 Å². The van der Waals surface area contributed by atoms with E-state index in [1.54, 1.807) is 18.3 Å². The fourth-order valence-corrected chi connectivity index (χ4v) is 1.82. The number of nitrogens with one attached hydrogen (secondary N) is 1. The van der Waals surface area contributed by atoms with Crippen LogP contribution in [-0.2, 0) is 0 Å². The van der Waals surface area contributed by atoms with E-state index >= 15 is 0 Å². The lowest BCUT2D eigenvalue weighted by Crippen LogP contribution is -2.13. The molecule has 0 saturated carbocycles. The summed E-state index contributed by atoms with van der Waals surface area (Å²) < 4.78 is 0. The number of primary amides is 1. The predicted octanol–water partition coefficient (Wildman–Crippen LogP) is 0.844. The summed E-state index contributed by atoms with van der Waals surface area (Å²) in [5.74, 6) is 0.637. The highest BCUT2D eigenvalue weighted by atomic mass is 16.1. The van der Waals surface area contributed by atoms with Crippen molar-refractivity contribution in [3.05, 3.63) is 42.5 Å². The van der Waals surface area contributed by atoms with E-state index in [4.69, 9.17) is 11.5 Å². The Labute approximate surface area is 119 Å². The maximum atomic E-state index is 10.9. The number of anilines is 3. The minimum Gasteiger partial charge on any atom is -0.383 e. The van der Waals surface area contributed by atoms with E-state index < -0.39 is 5.91 Å². The van der Waals surface area contributed by atoms with Crippen molar-refractivity contribution in [1.29, 1.82) is 0 Å². The van der Waals surface area contributed by atoms with Gasteiger partial charge in [0.1, 0.15) is 23.1 Å². The summed E-state index contributed by atoms with van der Waals surface area (Å²) in [5, 5.41) is 3.72. The summed E-state index contributed by atoms with van der Waals surface area (Å²) >= 11 is 0. The second kappa shape index (κ2) is 5.00. The van der Waals surface area contributed by atoms with Crippen LogP contribution in [0.3, 0.4) is 0 Å². The van der Waals surface area contributed by atoms with Crippen LogP contribution in [0, 0.1) is 0 Å². The SMILES string of the molecule is NC(=O)c1cnc(Nc2cc3ncccc3c(N)n2)cn1. The predicted molar refractivity (Wildman–Crippen MR) is 77.8 cm³/mol. The number of amides is 1. The summed E-state index contributed by atoms with van der Waals surface area (Å²) in [5.41, 5.74) is 11.8. The number of rotatable bonds is 3. The van der Waals surface area contributed by atoms with Crippen LogP contribution in [0.1, 0.15) is 10.5 Å². The lowest BCUT2D eigenvalue weighted by atomic mass is 10.2. The van der Waals surface area contributed by atoms with Gasteiger partial charge < -0.3 is 16.8 Å². The zero-order chi connectivity index (χ0) is 14.8. The molecule has 3 rings (SSSR count). The molecule has 0 fully saturated rings. The fourth-order valence-electron chi connectivity index (χ4n) is 1.82. The van der Waals surface area contributed by atoms with Gasteiger partial charge in [0.2, 0.25) is 0 Å². The molecule has 0 aliphatic heterocycles. The normalized spacial score (nSPS) is 10.5. The summed E-state index contributed by atoms with van der Waals surface area (Å²) in [4.78, 5) is 27.3. The van der Waals surface area contributed by atoms with Gasteiger partial charge >= 0.3 is 0 Å². The van der Waals surface area contributed by atoms with E-state index in [-0.39, 0.29) is 5.69 Å². The topological polar surface area (TPSA) is 133 Å². The molecule has 0 aliphatic rings. The Morgan fingerprint density at radius 1 is 1.14 bits per heavy atom. The Hall–Kier alpha value is -3.29. The van der Waals surface area contributed by atoms with E-state index in [1.807, 2.05) is 6.07 Å². The smallest absolute Gasteiger partial charge is 0.268 e. The van der Waals surface area contributed by atoms with Gasteiger partial charge in [-0.05, 0) is 12.1 Å². The molecule has 0 bridgehead atoms. The van der Waals surface area contributed by atoms with E-state index in [2.05, 4.69) is 25.3 Å². The first kappa shape index (κ1) is 12.7. The highest BCUT2D eigenvalue weighted by molar-refractivity contribution is 5.91. The van der Waals surface area contributed by atoms with Crippen molar-refractivity contribution in [3.63, 3.8) is 0 Å². The first-order valence-electron chi connectivity index (χ1n) is 6.03. The van der Waals surface area contributed by atoms with Gasteiger partial charge in [-0.1, -0.05) is 0 Å². The number of hydrogen-bond acceptors (Lipinski definition) is 7. The molecule has 0 saturated heterocycles. The highest BCUT2D eigenvalue weighted by Crippen LogP contribution is 2.22. The van der Waals surface area contributed by atoms with Crippen molar-refractivity contribution in [2.75, 3.05) is 11.1 Å². The van der Waals surface area contributed by atoms with Crippen LogP contribution in [0.15, 0.2) is 36.8 Å². The van der Waals surface area contributed by atoms with Gasteiger partial charge in [-0.2, -0.15) is 0 Å². The minimum absolute atomic E-state index is 0.0909. The molecule has 0 unspecified atom stereocenters. The van der Waals surface area contributed by atoms with Crippen LogP contribution in [0.2, 0.25) is 0 Å². The number of aromatic nitrogens is 4. The van der Waals surface area contributed by atoms with E-state index in [1.165, 1.54) is 12.4 Å². The number of nitrogens with zero attached hydrogens (tertiary/aromatic N) is 4.